The van der Waals surface area contributed by atoms with Crippen LogP contribution in [-0.2, 0) is 0 Å². The molecule has 0 saturated carbocycles. The first-order chi connectivity index (χ1) is 10.6. The summed E-state index contributed by atoms with van der Waals surface area (Å²) in [5.41, 5.74) is 1.34. The van der Waals surface area contributed by atoms with E-state index >= 15 is 0 Å². The minimum Gasteiger partial charge on any atom is -0.496 e. The number of benzene rings is 1. The second-order valence-electron chi connectivity index (χ2n) is 4.73. The molecule has 2 rings (SSSR count). The Morgan fingerprint density at radius 3 is 2.41 bits per heavy atom. The number of hydrogen-bond donors (Lipinski definition) is 2. The van der Waals surface area contributed by atoms with Gasteiger partial charge in [-0.15, -0.1) is 11.3 Å². The van der Waals surface area contributed by atoms with E-state index in [1.165, 1.54) is 25.6 Å². The minimum atomic E-state index is -0.732. The normalized spacial score (nSPS) is 11.8. The van der Waals surface area contributed by atoms with E-state index in [1.807, 2.05) is 18.4 Å². The molecule has 1 heterocycles. The van der Waals surface area contributed by atoms with Crippen LogP contribution < -0.4 is 14.8 Å². The molecule has 22 heavy (non-hydrogen) atoms. The average Bonchev–Trinajstić information content (AvgIpc) is 2.97. The van der Waals surface area contributed by atoms with Gasteiger partial charge in [-0.25, -0.2) is 0 Å². The van der Waals surface area contributed by atoms with Gasteiger partial charge in [0.2, 0.25) is 0 Å². The molecule has 2 N–H and O–H groups in total. The monoisotopic (exact) mass is 321 g/mol. The Balaban J connectivity index is 2.11. The molecule has 1 atom stereocenters. The number of aliphatic hydroxyl groups is 1. The van der Waals surface area contributed by atoms with E-state index in [4.69, 9.17) is 9.47 Å². The van der Waals surface area contributed by atoms with Crippen LogP contribution in [0.4, 0.5) is 0 Å². The van der Waals surface area contributed by atoms with E-state index in [2.05, 4.69) is 5.32 Å². The first-order valence-corrected chi connectivity index (χ1v) is 7.67. The number of thiophene rings is 1. The predicted octanol–water partition coefficient (Wildman–Crippen LogP) is 2.54. The molecule has 1 aromatic carbocycles. The molecule has 0 fully saturated rings. The maximum atomic E-state index is 12.4. The van der Waals surface area contributed by atoms with Crippen molar-refractivity contribution in [2.75, 3.05) is 20.8 Å². The van der Waals surface area contributed by atoms with Crippen molar-refractivity contribution in [2.24, 2.45) is 0 Å². The third-order valence-electron chi connectivity index (χ3n) is 3.32. The predicted molar refractivity (Wildman–Crippen MR) is 85.9 cm³/mol. The highest BCUT2D eigenvalue weighted by Gasteiger charge is 2.20. The number of aryl methyl sites for hydroxylation is 1. The van der Waals surface area contributed by atoms with Crippen LogP contribution in [-0.4, -0.2) is 31.8 Å². The Bertz CT molecular complexity index is 631. The molecule has 0 aliphatic carbocycles. The summed E-state index contributed by atoms with van der Waals surface area (Å²) in [4.78, 5) is 13.2. The molecule has 118 valence electrons. The number of carbonyl (C=O) groups excluding carboxylic acids is 1. The van der Waals surface area contributed by atoms with E-state index in [1.54, 1.807) is 18.2 Å². The third kappa shape index (κ3) is 3.40. The molecule has 0 bridgehead atoms. The number of amides is 1. The lowest BCUT2D eigenvalue weighted by molar-refractivity contribution is 0.0911. The molecule has 6 heteroatoms. The van der Waals surface area contributed by atoms with Crippen molar-refractivity contribution in [3.63, 3.8) is 0 Å². The van der Waals surface area contributed by atoms with Gasteiger partial charge in [0.15, 0.2) is 0 Å². The summed E-state index contributed by atoms with van der Waals surface area (Å²) in [6, 6.07) is 7.07. The zero-order valence-electron chi connectivity index (χ0n) is 12.8. The molecule has 1 aromatic heterocycles. The summed E-state index contributed by atoms with van der Waals surface area (Å²) < 4.78 is 10.4. The van der Waals surface area contributed by atoms with Crippen LogP contribution in [0, 0.1) is 6.92 Å². The third-order valence-corrected chi connectivity index (χ3v) is 4.44. The molecule has 5 nitrogen and oxygen atoms in total. The fraction of sp³-hybridized carbons (Fsp3) is 0.312. The van der Waals surface area contributed by atoms with Gasteiger partial charge < -0.3 is 19.9 Å². The van der Waals surface area contributed by atoms with Crippen molar-refractivity contribution in [1.82, 2.24) is 5.32 Å². The first kappa shape index (κ1) is 16.3. The van der Waals surface area contributed by atoms with Crippen LogP contribution in [0.15, 0.2) is 29.6 Å². The van der Waals surface area contributed by atoms with Crippen LogP contribution in [0.2, 0.25) is 0 Å². The molecule has 0 aliphatic rings. The van der Waals surface area contributed by atoms with Gasteiger partial charge in [0.05, 0.1) is 14.2 Å². The van der Waals surface area contributed by atoms with Gasteiger partial charge in [0.1, 0.15) is 23.2 Å². The zero-order valence-corrected chi connectivity index (χ0v) is 13.6. The second-order valence-corrected chi connectivity index (χ2v) is 5.68. The second kappa shape index (κ2) is 7.29. The van der Waals surface area contributed by atoms with Crippen molar-refractivity contribution >= 4 is 17.2 Å². The summed E-state index contributed by atoms with van der Waals surface area (Å²) in [5.74, 6) is 0.514. The summed E-state index contributed by atoms with van der Waals surface area (Å²) >= 11 is 1.47. The van der Waals surface area contributed by atoms with Gasteiger partial charge in [-0.1, -0.05) is 6.07 Å². The van der Waals surface area contributed by atoms with Crippen LogP contribution in [0.3, 0.4) is 0 Å². The van der Waals surface area contributed by atoms with Crippen LogP contribution in [0.5, 0.6) is 11.5 Å². The zero-order chi connectivity index (χ0) is 16.1. The fourth-order valence-electron chi connectivity index (χ4n) is 2.17. The standard InChI is InChI=1S/C16H19NO4S/c1-10-7-8-22-15(10)11(18)9-17-16(19)14-12(20-2)5-4-6-13(14)21-3/h4-8,11,18H,9H2,1-3H3,(H,17,19). The van der Waals surface area contributed by atoms with E-state index in [0.717, 1.165) is 10.4 Å². The fourth-order valence-corrected chi connectivity index (χ4v) is 3.08. The Labute approximate surface area is 133 Å². The summed E-state index contributed by atoms with van der Waals surface area (Å²) in [5, 5.41) is 14.8. The highest BCUT2D eigenvalue weighted by atomic mass is 32.1. The Kier molecular flexibility index (Phi) is 5.41. The number of aliphatic hydroxyl groups excluding tert-OH is 1. The minimum absolute atomic E-state index is 0.126. The van der Waals surface area contributed by atoms with Crippen molar-refractivity contribution in [1.29, 1.82) is 0 Å². The highest BCUT2D eigenvalue weighted by Crippen LogP contribution is 2.28. The average molecular weight is 321 g/mol. The van der Waals surface area contributed by atoms with E-state index in [9.17, 15) is 9.90 Å². The van der Waals surface area contributed by atoms with Crippen molar-refractivity contribution in [3.05, 3.63) is 45.6 Å². The number of hydrogen-bond acceptors (Lipinski definition) is 5. The first-order valence-electron chi connectivity index (χ1n) is 6.79. The van der Waals surface area contributed by atoms with Crippen molar-refractivity contribution in [3.8, 4) is 11.5 Å². The molecule has 0 radical (unpaired) electrons. The van der Waals surface area contributed by atoms with Gasteiger partial charge in [0, 0.05) is 11.4 Å². The molecule has 0 saturated heterocycles. The molecule has 2 aromatic rings. The largest absolute Gasteiger partial charge is 0.496 e. The smallest absolute Gasteiger partial charge is 0.258 e. The molecular formula is C16H19NO4S. The lowest BCUT2D eigenvalue weighted by Crippen LogP contribution is -2.29. The van der Waals surface area contributed by atoms with Gasteiger partial charge in [-0.2, -0.15) is 0 Å². The Morgan fingerprint density at radius 2 is 1.91 bits per heavy atom. The van der Waals surface area contributed by atoms with Gasteiger partial charge in [-0.3, -0.25) is 4.79 Å². The summed E-state index contributed by atoms with van der Waals surface area (Å²) in [7, 11) is 2.99. The Morgan fingerprint density at radius 1 is 1.27 bits per heavy atom. The van der Waals surface area contributed by atoms with E-state index < -0.39 is 6.10 Å². The highest BCUT2D eigenvalue weighted by molar-refractivity contribution is 7.10. The van der Waals surface area contributed by atoms with Gasteiger partial charge in [0.25, 0.3) is 5.91 Å². The number of rotatable bonds is 6. The molecule has 1 unspecified atom stereocenters. The van der Waals surface area contributed by atoms with Crippen LogP contribution >= 0.6 is 11.3 Å². The maximum absolute atomic E-state index is 12.4. The Hall–Kier alpha value is -2.05. The number of nitrogens with one attached hydrogen (secondary N) is 1. The van der Waals surface area contributed by atoms with E-state index in [0.29, 0.717) is 17.1 Å². The topological polar surface area (TPSA) is 67.8 Å². The van der Waals surface area contributed by atoms with Crippen LogP contribution in [0.25, 0.3) is 0 Å². The van der Waals surface area contributed by atoms with Crippen molar-refractivity contribution < 1.29 is 19.4 Å². The molecule has 1 amide bonds. The maximum Gasteiger partial charge on any atom is 0.258 e. The molecule has 0 aliphatic heterocycles. The number of ether oxygens (including phenoxy) is 2. The number of carbonyl (C=O) groups is 1. The number of methoxy groups -OCH3 is 2. The SMILES string of the molecule is COc1cccc(OC)c1C(=O)NCC(O)c1sccc1C. The lowest BCUT2D eigenvalue weighted by atomic mass is 10.1. The van der Waals surface area contributed by atoms with E-state index in [-0.39, 0.29) is 12.5 Å². The summed E-state index contributed by atoms with van der Waals surface area (Å²) in [6.07, 6.45) is -0.732. The lowest BCUT2D eigenvalue weighted by Gasteiger charge is -2.15. The summed E-state index contributed by atoms with van der Waals surface area (Å²) in [6.45, 7) is 2.06. The quantitative estimate of drug-likeness (QED) is 0.858. The molecule has 0 spiro atoms. The molecular weight excluding hydrogens is 302 g/mol. The van der Waals surface area contributed by atoms with Crippen molar-refractivity contribution in [2.45, 2.75) is 13.0 Å². The van der Waals surface area contributed by atoms with Crippen LogP contribution in [0.1, 0.15) is 26.9 Å². The van der Waals surface area contributed by atoms with Gasteiger partial charge >= 0.3 is 0 Å². The van der Waals surface area contributed by atoms with Gasteiger partial charge in [-0.05, 0) is 36.1 Å².